The number of morpholine rings is 1. The highest BCUT2D eigenvalue weighted by Crippen LogP contribution is 2.15. The number of benzene rings is 1. The van der Waals surface area contributed by atoms with Crippen molar-refractivity contribution < 1.29 is 19.4 Å². The number of amides is 1. The number of carbonyl (C=O) groups excluding carboxylic acids is 1. The highest BCUT2D eigenvalue weighted by molar-refractivity contribution is 5.94. The highest BCUT2D eigenvalue weighted by atomic mass is 16.5. The number of aliphatic carboxylic acids is 1. The van der Waals surface area contributed by atoms with E-state index in [9.17, 15) is 9.59 Å². The molecule has 1 amide bonds. The smallest absolute Gasteiger partial charge is 0.306 e. The van der Waals surface area contributed by atoms with E-state index in [-0.39, 0.29) is 18.9 Å². The minimum atomic E-state index is -0.926. The van der Waals surface area contributed by atoms with Gasteiger partial charge in [0.2, 0.25) is 0 Å². The molecule has 0 bridgehead atoms. The van der Waals surface area contributed by atoms with Crippen molar-refractivity contribution in [3.05, 3.63) is 48.3 Å². The number of hydrogen-bond acceptors (Lipinski definition) is 4. The normalized spacial score (nSPS) is 17.9. The molecule has 1 aliphatic heterocycles. The van der Waals surface area contributed by atoms with Gasteiger partial charge in [-0.15, -0.1) is 0 Å². The third kappa shape index (κ3) is 3.57. The number of carboxylic acid groups (broad SMARTS) is 1. The minimum absolute atomic E-state index is 0.100. The Morgan fingerprint density at radius 1 is 1.35 bits per heavy atom. The summed E-state index contributed by atoms with van der Waals surface area (Å²) < 4.78 is 7.08. The standard InChI is InChI=1S/C16H17N3O4/c20-15(21)10-14-11-18(7-8-23-14)16(22)12-3-1-4-13(9-12)19-6-2-5-17-19/h1-6,9,14H,7-8,10-11H2,(H,20,21)/t14-/m1/s1. The Morgan fingerprint density at radius 2 is 2.22 bits per heavy atom. The third-order valence-electron chi connectivity index (χ3n) is 3.69. The van der Waals surface area contributed by atoms with E-state index in [2.05, 4.69) is 5.10 Å². The number of ether oxygens (including phenoxy) is 1. The maximum Gasteiger partial charge on any atom is 0.306 e. The fourth-order valence-electron chi connectivity index (χ4n) is 2.61. The summed E-state index contributed by atoms with van der Waals surface area (Å²) in [5.41, 5.74) is 1.35. The van der Waals surface area contributed by atoms with Crippen LogP contribution in [0.25, 0.3) is 5.69 Å². The maximum atomic E-state index is 12.6. The van der Waals surface area contributed by atoms with Crippen LogP contribution >= 0.6 is 0 Å². The van der Waals surface area contributed by atoms with Crippen molar-refractivity contribution in [2.45, 2.75) is 12.5 Å². The number of carboxylic acids is 1. The lowest BCUT2D eigenvalue weighted by molar-refractivity contribution is -0.141. The molecule has 1 aromatic heterocycles. The summed E-state index contributed by atoms with van der Waals surface area (Å²) in [5, 5.41) is 13.0. The second kappa shape index (κ2) is 6.62. The molecule has 1 aliphatic rings. The predicted octanol–water partition coefficient (Wildman–Crippen LogP) is 1.19. The van der Waals surface area contributed by atoms with Gasteiger partial charge in [-0.1, -0.05) is 6.07 Å². The molecule has 1 atom stereocenters. The van der Waals surface area contributed by atoms with Crippen LogP contribution in [-0.2, 0) is 9.53 Å². The largest absolute Gasteiger partial charge is 0.481 e. The van der Waals surface area contributed by atoms with E-state index in [0.29, 0.717) is 18.7 Å². The first-order valence-corrected chi connectivity index (χ1v) is 7.36. The summed E-state index contributed by atoms with van der Waals surface area (Å²) >= 11 is 0. The Bertz CT molecular complexity index is 699. The molecule has 0 saturated carbocycles. The molecule has 0 aliphatic carbocycles. The quantitative estimate of drug-likeness (QED) is 0.916. The van der Waals surface area contributed by atoms with Gasteiger partial charge in [-0.25, -0.2) is 4.68 Å². The lowest BCUT2D eigenvalue weighted by Crippen LogP contribution is -2.46. The van der Waals surface area contributed by atoms with Crippen LogP contribution in [0.15, 0.2) is 42.7 Å². The van der Waals surface area contributed by atoms with Crippen LogP contribution in [0.3, 0.4) is 0 Å². The van der Waals surface area contributed by atoms with E-state index < -0.39 is 12.1 Å². The SMILES string of the molecule is O=C(O)C[C@@H]1CN(C(=O)c2cccc(-n3cccn3)c2)CCO1. The number of nitrogens with zero attached hydrogens (tertiary/aromatic N) is 3. The third-order valence-corrected chi connectivity index (χ3v) is 3.69. The molecule has 1 saturated heterocycles. The first-order chi connectivity index (χ1) is 11.1. The fourth-order valence-corrected chi connectivity index (χ4v) is 2.61. The Balaban J connectivity index is 1.75. The monoisotopic (exact) mass is 315 g/mol. The Hall–Kier alpha value is -2.67. The zero-order valence-electron chi connectivity index (χ0n) is 12.5. The van der Waals surface area contributed by atoms with Gasteiger partial charge >= 0.3 is 5.97 Å². The summed E-state index contributed by atoms with van der Waals surface area (Å²) in [5.74, 6) is -1.05. The van der Waals surface area contributed by atoms with Crippen molar-refractivity contribution in [2.75, 3.05) is 19.7 Å². The number of aromatic nitrogens is 2. The molecular formula is C16H17N3O4. The van der Waals surface area contributed by atoms with E-state index in [0.717, 1.165) is 5.69 Å². The topological polar surface area (TPSA) is 84.7 Å². The van der Waals surface area contributed by atoms with Crippen LogP contribution in [-0.4, -0.2) is 57.5 Å². The first kappa shape index (κ1) is 15.2. The molecule has 1 fully saturated rings. The predicted molar refractivity (Wildman–Crippen MR) is 81.5 cm³/mol. The van der Waals surface area contributed by atoms with E-state index in [1.807, 2.05) is 12.1 Å². The van der Waals surface area contributed by atoms with Gasteiger partial charge in [0.1, 0.15) is 0 Å². The van der Waals surface area contributed by atoms with Gasteiger partial charge < -0.3 is 14.7 Å². The molecule has 0 unspecified atom stereocenters. The average Bonchev–Trinajstić information content (AvgIpc) is 3.08. The van der Waals surface area contributed by atoms with Crippen LogP contribution in [0.4, 0.5) is 0 Å². The van der Waals surface area contributed by atoms with E-state index in [1.54, 1.807) is 40.2 Å². The molecular weight excluding hydrogens is 298 g/mol. The van der Waals surface area contributed by atoms with Gasteiger partial charge in [-0.2, -0.15) is 5.10 Å². The molecule has 7 nitrogen and oxygen atoms in total. The van der Waals surface area contributed by atoms with Gasteiger partial charge in [0.15, 0.2) is 0 Å². The van der Waals surface area contributed by atoms with Crippen molar-refractivity contribution in [3.63, 3.8) is 0 Å². The molecule has 0 spiro atoms. The van der Waals surface area contributed by atoms with E-state index >= 15 is 0 Å². The molecule has 120 valence electrons. The van der Waals surface area contributed by atoms with Crippen molar-refractivity contribution in [1.82, 2.24) is 14.7 Å². The fraction of sp³-hybridized carbons (Fsp3) is 0.312. The molecule has 23 heavy (non-hydrogen) atoms. The molecule has 2 heterocycles. The molecule has 7 heteroatoms. The number of carbonyl (C=O) groups is 2. The van der Waals surface area contributed by atoms with Gasteiger partial charge in [-0.05, 0) is 24.3 Å². The molecule has 1 aromatic carbocycles. The van der Waals surface area contributed by atoms with Gasteiger partial charge in [-0.3, -0.25) is 9.59 Å². The summed E-state index contributed by atoms with van der Waals surface area (Å²) in [6.45, 7) is 1.10. The number of hydrogen-bond donors (Lipinski definition) is 1. The first-order valence-electron chi connectivity index (χ1n) is 7.36. The molecule has 3 rings (SSSR count). The van der Waals surface area contributed by atoms with Gasteiger partial charge in [0.25, 0.3) is 5.91 Å². The molecule has 2 aromatic rings. The lowest BCUT2D eigenvalue weighted by atomic mass is 10.1. The second-order valence-electron chi connectivity index (χ2n) is 5.34. The van der Waals surface area contributed by atoms with E-state index in [1.165, 1.54) is 0 Å². The Labute approximate surface area is 133 Å². The van der Waals surface area contributed by atoms with Crippen molar-refractivity contribution >= 4 is 11.9 Å². The maximum absolute atomic E-state index is 12.6. The summed E-state index contributed by atoms with van der Waals surface area (Å²) in [4.78, 5) is 25.1. The summed E-state index contributed by atoms with van der Waals surface area (Å²) in [7, 11) is 0. The summed E-state index contributed by atoms with van der Waals surface area (Å²) in [6, 6.07) is 9.01. The van der Waals surface area contributed by atoms with Crippen molar-refractivity contribution in [3.8, 4) is 5.69 Å². The van der Waals surface area contributed by atoms with Crippen LogP contribution < -0.4 is 0 Å². The Kier molecular flexibility index (Phi) is 4.38. The van der Waals surface area contributed by atoms with Gasteiger partial charge in [0.05, 0.1) is 24.8 Å². The zero-order valence-corrected chi connectivity index (χ0v) is 12.5. The van der Waals surface area contributed by atoms with Crippen molar-refractivity contribution in [2.24, 2.45) is 0 Å². The van der Waals surface area contributed by atoms with Crippen molar-refractivity contribution in [1.29, 1.82) is 0 Å². The van der Waals surface area contributed by atoms with Gasteiger partial charge in [0, 0.05) is 31.0 Å². The van der Waals surface area contributed by atoms with Crippen LogP contribution in [0.1, 0.15) is 16.8 Å². The highest BCUT2D eigenvalue weighted by Gasteiger charge is 2.26. The molecule has 1 N–H and O–H groups in total. The lowest BCUT2D eigenvalue weighted by Gasteiger charge is -2.32. The van der Waals surface area contributed by atoms with Crippen LogP contribution in [0.5, 0.6) is 0 Å². The van der Waals surface area contributed by atoms with Crippen LogP contribution in [0, 0.1) is 0 Å². The minimum Gasteiger partial charge on any atom is -0.481 e. The van der Waals surface area contributed by atoms with Crippen LogP contribution in [0.2, 0.25) is 0 Å². The molecule has 0 radical (unpaired) electrons. The Morgan fingerprint density at radius 3 is 2.96 bits per heavy atom. The van der Waals surface area contributed by atoms with E-state index in [4.69, 9.17) is 9.84 Å². The number of rotatable bonds is 4. The summed E-state index contributed by atoms with van der Waals surface area (Å²) in [6.07, 6.45) is 2.92. The average molecular weight is 315 g/mol. The second-order valence-corrected chi connectivity index (χ2v) is 5.34. The zero-order chi connectivity index (χ0) is 16.2.